The maximum Gasteiger partial charge on any atom is 0.250 e. The Morgan fingerprint density at radius 3 is 2.61 bits per heavy atom. The summed E-state index contributed by atoms with van der Waals surface area (Å²) < 4.78 is 0. The highest BCUT2D eigenvalue weighted by Gasteiger charge is 2.74. The lowest BCUT2D eigenvalue weighted by Crippen LogP contribution is -2.54. The molecule has 3 fully saturated rings. The van der Waals surface area contributed by atoms with Crippen molar-refractivity contribution in [3.63, 3.8) is 0 Å². The molecular weight excluding hydrogens is 463 g/mol. The number of fused-ring (bicyclic) bond motifs is 7. The molecule has 4 atom stereocenters. The van der Waals surface area contributed by atoms with E-state index >= 15 is 0 Å². The molecule has 7 nitrogen and oxygen atoms in total. The van der Waals surface area contributed by atoms with Crippen LogP contribution in [0.25, 0.3) is 0 Å². The largest absolute Gasteiger partial charge is 0.323 e. The molecule has 0 aliphatic carbocycles. The third-order valence-electron chi connectivity index (χ3n) is 6.97. The van der Waals surface area contributed by atoms with Crippen LogP contribution < -0.4 is 10.2 Å². The molecule has 4 aliphatic rings. The van der Waals surface area contributed by atoms with E-state index in [2.05, 4.69) is 10.3 Å². The molecule has 4 aliphatic heterocycles. The molecule has 1 spiro atoms. The van der Waals surface area contributed by atoms with Crippen LogP contribution >= 0.6 is 34.8 Å². The van der Waals surface area contributed by atoms with E-state index in [1.807, 2.05) is 4.90 Å². The number of hydrogen-bond acceptors (Lipinski definition) is 5. The van der Waals surface area contributed by atoms with Gasteiger partial charge in [0.1, 0.15) is 5.54 Å². The molecule has 6 rings (SSSR count). The van der Waals surface area contributed by atoms with Crippen molar-refractivity contribution in [2.75, 3.05) is 16.8 Å². The lowest BCUT2D eigenvalue weighted by atomic mass is 9.75. The summed E-state index contributed by atoms with van der Waals surface area (Å²) in [6.07, 6.45) is 4.41. The molecular formula is C21H15Cl3N4O3. The first-order valence-corrected chi connectivity index (χ1v) is 11.0. The number of nitrogens with zero attached hydrogens (tertiary/aromatic N) is 3. The molecule has 5 heterocycles. The van der Waals surface area contributed by atoms with Gasteiger partial charge in [-0.15, -0.1) is 0 Å². The van der Waals surface area contributed by atoms with Gasteiger partial charge in [-0.1, -0.05) is 34.8 Å². The quantitative estimate of drug-likeness (QED) is 0.636. The van der Waals surface area contributed by atoms with E-state index in [9.17, 15) is 14.4 Å². The number of rotatable bonds is 1. The van der Waals surface area contributed by atoms with Gasteiger partial charge in [-0.2, -0.15) is 0 Å². The second kappa shape index (κ2) is 6.42. The highest BCUT2D eigenvalue weighted by molar-refractivity contribution is 6.38. The van der Waals surface area contributed by atoms with Crippen LogP contribution in [0.15, 0.2) is 30.6 Å². The molecule has 0 bridgehead atoms. The fourth-order valence-corrected chi connectivity index (χ4v) is 6.71. The fraction of sp³-hybridized carbons (Fsp3) is 0.333. The van der Waals surface area contributed by atoms with Crippen molar-refractivity contribution >= 4 is 63.9 Å². The molecule has 0 radical (unpaired) electrons. The molecule has 1 N–H and O–H groups in total. The predicted octanol–water partition coefficient (Wildman–Crippen LogP) is 3.47. The molecule has 158 valence electrons. The first kappa shape index (κ1) is 19.5. The second-order valence-electron chi connectivity index (χ2n) is 8.31. The third-order valence-corrected chi connectivity index (χ3v) is 7.69. The summed E-state index contributed by atoms with van der Waals surface area (Å²) in [5.41, 5.74) is -0.0186. The number of aromatic nitrogens is 1. The maximum absolute atomic E-state index is 13.8. The van der Waals surface area contributed by atoms with Gasteiger partial charge in [-0.3, -0.25) is 24.3 Å². The third kappa shape index (κ3) is 2.30. The number of benzene rings is 1. The summed E-state index contributed by atoms with van der Waals surface area (Å²) in [7, 11) is 0. The molecule has 0 saturated carbocycles. The number of amides is 3. The number of hydrogen-bond donors (Lipinski definition) is 1. The van der Waals surface area contributed by atoms with Crippen molar-refractivity contribution in [1.29, 1.82) is 0 Å². The van der Waals surface area contributed by atoms with Gasteiger partial charge < -0.3 is 5.32 Å². The molecule has 10 heteroatoms. The Labute approximate surface area is 192 Å². The number of halogens is 3. The molecule has 2 aromatic rings. The lowest BCUT2D eigenvalue weighted by molar-refractivity contribution is -0.135. The van der Waals surface area contributed by atoms with Gasteiger partial charge in [0.15, 0.2) is 0 Å². The molecule has 1 aromatic heterocycles. The Morgan fingerprint density at radius 1 is 1.03 bits per heavy atom. The van der Waals surface area contributed by atoms with E-state index in [-0.39, 0.29) is 17.9 Å². The van der Waals surface area contributed by atoms with Gasteiger partial charge in [0.05, 0.1) is 39.5 Å². The van der Waals surface area contributed by atoms with Crippen molar-refractivity contribution in [2.45, 2.75) is 24.4 Å². The second-order valence-corrected chi connectivity index (χ2v) is 9.59. The van der Waals surface area contributed by atoms with Gasteiger partial charge >= 0.3 is 0 Å². The van der Waals surface area contributed by atoms with Gasteiger partial charge in [-0.25, -0.2) is 4.90 Å². The maximum atomic E-state index is 13.8. The van der Waals surface area contributed by atoms with Crippen molar-refractivity contribution < 1.29 is 14.4 Å². The fourth-order valence-electron chi connectivity index (χ4n) is 6.00. The van der Waals surface area contributed by atoms with E-state index in [1.54, 1.807) is 12.1 Å². The van der Waals surface area contributed by atoms with Crippen molar-refractivity contribution in [1.82, 2.24) is 9.88 Å². The highest BCUT2D eigenvalue weighted by atomic mass is 35.5. The normalized spacial score (nSPS) is 31.4. The van der Waals surface area contributed by atoms with E-state index in [4.69, 9.17) is 34.8 Å². The molecule has 3 amide bonds. The van der Waals surface area contributed by atoms with E-state index in [0.717, 1.165) is 17.7 Å². The van der Waals surface area contributed by atoms with Crippen molar-refractivity contribution in [3.8, 4) is 0 Å². The van der Waals surface area contributed by atoms with Crippen LogP contribution in [0, 0.1) is 11.8 Å². The summed E-state index contributed by atoms with van der Waals surface area (Å²) in [5, 5.41) is 3.85. The monoisotopic (exact) mass is 476 g/mol. The van der Waals surface area contributed by atoms with Crippen LogP contribution in [0.4, 0.5) is 11.4 Å². The van der Waals surface area contributed by atoms with Gasteiger partial charge in [-0.05, 0) is 37.6 Å². The van der Waals surface area contributed by atoms with E-state index in [0.29, 0.717) is 38.6 Å². The van der Waals surface area contributed by atoms with Crippen LogP contribution in [0.2, 0.25) is 15.1 Å². The number of pyridine rings is 1. The van der Waals surface area contributed by atoms with Crippen LogP contribution in [0.1, 0.15) is 18.4 Å². The molecule has 1 aromatic carbocycles. The summed E-state index contributed by atoms with van der Waals surface area (Å²) in [4.78, 5) is 48.1. The molecule has 31 heavy (non-hydrogen) atoms. The van der Waals surface area contributed by atoms with E-state index < -0.39 is 23.3 Å². The summed E-state index contributed by atoms with van der Waals surface area (Å²) in [6, 6.07) is 4.54. The smallest absolute Gasteiger partial charge is 0.250 e. The Kier molecular flexibility index (Phi) is 4.04. The standard InChI is InChI=1S/C21H15Cl3N4O3/c22-9-5-12-17(13(24)6-9)26-20(31)21(12)16-15(14-2-1-3-27(14)21)18(29)28(19(16)30)11-4-10(23)7-25-8-11/h4-8,14-16H,1-3H2,(H,26,31). The van der Waals surface area contributed by atoms with Crippen molar-refractivity contribution in [3.05, 3.63) is 51.2 Å². The first-order valence-electron chi connectivity index (χ1n) is 9.91. The minimum atomic E-state index is -1.33. The summed E-state index contributed by atoms with van der Waals surface area (Å²) in [6.45, 7) is 0.605. The topological polar surface area (TPSA) is 82.6 Å². The van der Waals surface area contributed by atoms with Crippen LogP contribution in [0.5, 0.6) is 0 Å². The Balaban J connectivity index is 1.58. The SMILES string of the molecule is O=C1C2C3CCCN3C3(C(=O)Nc4c(Cl)cc(Cl)cc43)C2C(=O)N1c1cncc(Cl)c1. The summed E-state index contributed by atoms with van der Waals surface area (Å²) >= 11 is 18.8. The highest BCUT2D eigenvalue weighted by Crippen LogP contribution is 2.61. The average Bonchev–Trinajstić information content (AvgIpc) is 3.41. The Morgan fingerprint density at radius 2 is 1.84 bits per heavy atom. The van der Waals surface area contributed by atoms with Crippen LogP contribution in [-0.4, -0.2) is 40.2 Å². The minimum absolute atomic E-state index is 0.229. The zero-order valence-corrected chi connectivity index (χ0v) is 18.2. The van der Waals surface area contributed by atoms with E-state index in [1.165, 1.54) is 18.5 Å². The predicted molar refractivity (Wildman–Crippen MR) is 115 cm³/mol. The lowest BCUT2D eigenvalue weighted by Gasteiger charge is -2.36. The number of nitrogens with one attached hydrogen (secondary N) is 1. The van der Waals surface area contributed by atoms with Gasteiger partial charge in [0, 0.05) is 22.8 Å². The van der Waals surface area contributed by atoms with Crippen LogP contribution in [0.3, 0.4) is 0 Å². The summed E-state index contributed by atoms with van der Waals surface area (Å²) in [5.74, 6) is -2.66. The Hall–Kier alpha value is -2.19. The Bertz CT molecular complexity index is 1200. The average molecular weight is 478 g/mol. The first-order chi connectivity index (χ1) is 14.9. The van der Waals surface area contributed by atoms with Crippen molar-refractivity contribution in [2.24, 2.45) is 11.8 Å². The molecule has 4 unspecified atom stereocenters. The number of carbonyl (C=O) groups is 3. The van der Waals surface area contributed by atoms with Gasteiger partial charge in [0.2, 0.25) is 11.8 Å². The zero-order valence-electron chi connectivity index (χ0n) is 15.9. The number of imide groups is 1. The minimum Gasteiger partial charge on any atom is -0.323 e. The van der Waals surface area contributed by atoms with Gasteiger partial charge in [0.25, 0.3) is 5.91 Å². The zero-order chi connectivity index (χ0) is 21.7. The molecule has 3 saturated heterocycles. The van der Waals surface area contributed by atoms with Crippen LogP contribution in [-0.2, 0) is 19.9 Å². The number of carbonyl (C=O) groups excluding carboxylic acids is 3. The number of anilines is 2.